The second-order valence-corrected chi connectivity index (χ2v) is 8.07. The Morgan fingerprint density at radius 1 is 1.00 bits per heavy atom. The van der Waals surface area contributed by atoms with E-state index >= 15 is 0 Å². The maximum Gasteiger partial charge on any atom is 0.161 e. The zero-order valence-electron chi connectivity index (χ0n) is 17.2. The maximum absolute atomic E-state index is 14.3. The van der Waals surface area contributed by atoms with Gasteiger partial charge in [0.25, 0.3) is 0 Å². The monoisotopic (exact) mass is 418 g/mol. The van der Waals surface area contributed by atoms with Crippen LogP contribution in [-0.2, 0) is 11.8 Å². The molecule has 5 rings (SSSR count). The summed E-state index contributed by atoms with van der Waals surface area (Å²) >= 11 is 0. The van der Waals surface area contributed by atoms with Gasteiger partial charge in [-0.2, -0.15) is 5.10 Å². The second-order valence-electron chi connectivity index (χ2n) is 8.07. The molecule has 4 aromatic rings. The van der Waals surface area contributed by atoms with E-state index in [1.165, 1.54) is 18.2 Å². The molecule has 8 heteroatoms. The van der Waals surface area contributed by atoms with Gasteiger partial charge in [-0.05, 0) is 69.0 Å². The summed E-state index contributed by atoms with van der Waals surface area (Å²) in [5.74, 6) is 0.118. The topological polar surface area (TPSA) is 80.2 Å². The number of hydrogen-bond acceptors (Lipinski definition) is 5. The van der Waals surface area contributed by atoms with Crippen molar-refractivity contribution in [3.05, 3.63) is 77.0 Å². The number of fused-ring (bicyclic) bond motifs is 1. The first-order chi connectivity index (χ1) is 15.0. The molecule has 1 aliphatic rings. The summed E-state index contributed by atoms with van der Waals surface area (Å²) in [6.07, 6.45) is 4.26. The summed E-state index contributed by atoms with van der Waals surface area (Å²) < 4.78 is 28.5. The van der Waals surface area contributed by atoms with Gasteiger partial charge >= 0.3 is 0 Å². The molecule has 1 atom stereocenters. The fraction of sp³-hybridized carbons (Fsp3) is 0.261. The molecule has 1 N–H and O–H groups in total. The lowest BCUT2D eigenvalue weighted by Gasteiger charge is -2.34. The molecule has 156 valence electrons. The smallest absolute Gasteiger partial charge is 0.161 e. The summed E-state index contributed by atoms with van der Waals surface area (Å²) in [6.45, 7) is 3.93. The van der Waals surface area contributed by atoms with Gasteiger partial charge < -0.3 is 4.98 Å². The standard InChI is InChI=1S/C23H20F2N6/c1-13-27-22(31-28-13)15-8-10-26-19(12-15)23(2)9-4-5-14-11-18(29-30-21(14)23)20-16(24)6-3-7-17(20)25/h3,6-8,10-12H,4-5,9H2,1-2H3,(H,27,28,31)/t23-/m1/s1. The van der Waals surface area contributed by atoms with E-state index in [-0.39, 0.29) is 11.3 Å². The Morgan fingerprint density at radius 2 is 1.81 bits per heavy atom. The van der Waals surface area contributed by atoms with Crippen molar-refractivity contribution in [3.8, 4) is 22.6 Å². The highest BCUT2D eigenvalue weighted by Crippen LogP contribution is 2.41. The van der Waals surface area contributed by atoms with Crippen molar-refractivity contribution < 1.29 is 8.78 Å². The molecule has 0 amide bonds. The lowest BCUT2D eigenvalue weighted by Crippen LogP contribution is -2.32. The van der Waals surface area contributed by atoms with Crippen LogP contribution in [0.5, 0.6) is 0 Å². The predicted molar refractivity (Wildman–Crippen MR) is 111 cm³/mol. The van der Waals surface area contributed by atoms with Crippen LogP contribution >= 0.6 is 0 Å². The molecule has 0 bridgehead atoms. The minimum absolute atomic E-state index is 0.147. The number of nitrogens with zero attached hydrogens (tertiary/aromatic N) is 5. The number of pyridine rings is 1. The molecular formula is C23H20F2N6. The van der Waals surface area contributed by atoms with Crippen LogP contribution in [0.25, 0.3) is 22.6 Å². The number of H-pyrrole nitrogens is 1. The van der Waals surface area contributed by atoms with E-state index in [0.29, 0.717) is 5.82 Å². The summed E-state index contributed by atoms with van der Waals surface area (Å²) in [7, 11) is 0. The van der Waals surface area contributed by atoms with Crippen LogP contribution in [0.4, 0.5) is 8.78 Å². The van der Waals surface area contributed by atoms with Crippen molar-refractivity contribution in [2.75, 3.05) is 0 Å². The van der Waals surface area contributed by atoms with Crippen molar-refractivity contribution in [1.82, 2.24) is 30.4 Å². The molecule has 1 aromatic carbocycles. The SMILES string of the molecule is Cc1nnc(-c2ccnc([C@@]3(C)CCCc4cc(-c5c(F)cccc5F)nnc43)c2)[nH]1. The number of hydrogen-bond donors (Lipinski definition) is 1. The lowest BCUT2D eigenvalue weighted by molar-refractivity contribution is 0.434. The summed E-state index contributed by atoms with van der Waals surface area (Å²) in [5.41, 5.74) is 3.04. The van der Waals surface area contributed by atoms with E-state index in [1.54, 1.807) is 12.3 Å². The highest BCUT2D eigenvalue weighted by molar-refractivity contribution is 5.62. The molecule has 0 radical (unpaired) electrons. The van der Waals surface area contributed by atoms with Crippen LogP contribution in [0.1, 0.15) is 42.5 Å². The number of aryl methyl sites for hydroxylation is 2. The first kappa shape index (κ1) is 19.4. The number of rotatable bonds is 3. The molecule has 0 fully saturated rings. The van der Waals surface area contributed by atoms with Gasteiger partial charge in [0, 0.05) is 11.8 Å². The Morgan fingerprint density at radius 3 is 2.55 bits per heavy atom. The van der Waals surface area contributed by atoms with E-state index < -0.39 is 17.0 Å². The first-order valence-corrected chi connectivity index (χ1v) is 10.1. The Hall–Kier alpha value is -3.55. The zero-order valence-corrected chi connectivity index (χ0v) is 17.2. The number of aromatic amines is 1. The largest absolute Gasteiger partial charge is 0.325 e. The van der Waals surface area contributed by atoms with E-state index in [2.05, 4.69) is 37.3 Å². The Bertz CT molecular complexity index is 1260. The van der Waals surface area contributed by atoms with E-state index in [4.69, 9.17) is 0 Å². The van der Waals surface area contributed by atoms with Crippen LogP contribution in [-0.4, -0.2) is 30.4 Å². The Kier molecular flexibility index (Phi) is 4.57. The molecular weight excluding hydrogens is 398 g/mol. The van der Waals surface area contributed by atoms with Crippen LogP contribution in [0, 0.1) is 18.6 Å². The van der Waals surface area contributed by atoms with Gasteiger partial charge in [-0.3, -0.25) is 4.98 Å². The van der Waals surface area contributed by atoms with E-state index in [1.807, 2.05) is 19.1 Å². The van der Waals surface area contributed by atoms with Crippen molar-refractivity contribution in [1.29, 1.82) is 0 Å². The van der Waals surface area contributed by atoms with Gasteiger partial charge in [0.15, 0.2) is 5.82 Å². The van der Waals surface area contributed by atoms with Gasteiger partial charge in [-0.25, -0.2) is 8.78 Å². The van der Waals surface area contributed by atoms with Crippen LogP contribution in [0.2, 0.25) is 0 Å². The van der Waals surface area contributed by atoms with Crippen molar-refractivity contribution in [2.24, 2.45) is 0 Å². The van der Waals surface area contributed by atoms with Crippen molar-refractivity contribution >= 4 is 0 Å². The normalized spacial score (nSPS) is 18.1. The number of aromatic nitrogens is 6. The molecule has 3 heterocycles. The molecule has 0 unspecified atom stereocenters. The van der Waals surface area contributed by atoms with Gasteiger partial charge in [-0.1, -0.05) is 6.07 Å². The number of benzene rings is 1. The predicted octanol–water partition coefficient (Wildman–Crippen LogP) is 4.55. The molecule has 6 nitrogen and oxygen atoms in total. The zero-order chi connectivity index (χ0) is 21.6. The Balaban J connectivity index is 1.59. The van der Waals surface area contributed by atoms with Crippen molar-refractivity contribution in [2.45, 2.75) is 38.5 Å². The van der Waals surface area contributed by atoms with Gasteiger partial charge in [-0.15, -0.1) is 15.3 Å². The van der Waals surface area contributed by atoms with E-state index in [0.717, 1.165) is 47.6 Å². The van der Waals surface area contributed by atoms with Gasteiger partial charge in [0.05, 0.1) is 28.1 Å². The van der Waals surface area contributed by atoms with E-state index in [9.17, 15) is 8.78 Å². The molecule has 0 spiro atoms. The third-order valence-electron chi connectivity index (χ3n) is 5.94. The third kappa shape index (κ3) is 3.28. The first-order valence-electron chi connectivity index (χ1n) is 10.1. The number of halogens is 2. The summed E-state index contributed by atoms with van der Waals surface area (Å²) in [6, 6.07) is 9.42. The molecule has 0 aliphatic heterocycles. The lowest BCUT2D eigenvalue weighted by atomic mass is 9.72. The van der Waals surface area contributed by atoms with Gasteiger partial charge in [0.1, 0.15) is 17.5 Å². The summed E-state index contributed by atoms with van der Waals surface area (Å²) in [4.78, 5) is 7.77. The minimum atomic E-state index is -0.649. The average molecular weight is 418 g/mol. The van der Waals surface area contributed by atoms with Crippen LogP contribution < -0.4 is 0 Å². The second kappa shape index (κ2) is 7.30. The molecule has 31 heavy (non-hydrogen) atoms. The highest BCUT2D eigenvalue weighted by Gasteiger charge is 2.37. The fourth-order valence-corrected chi connectivity index (χ4v) is 4.31. The Labute approximate surface area is 177 Å². The molecule has 1 aliphatic carbocycles. The highest BCUT2D eigenvalue weighted by atomic mass is 19.1. The van der Waals surface area contributed by atoms with Crippen LogP contribution in [0.3, 0.4) is 0 Å². The maximum atomic E-state index is 14.3. The molecule has 3 aromatic heterocycles. The van der Waals surface area contributed by atoms with Gasteiger partial charge in [0.2, 0.25) is 0 Å². The average Bonchev–Trinajstić information content (AvgIpc) is 3.20. The van der Waals surface area contributed by atoms with Crippen molar-refractivity contribution in [3.63, 3.8) is 0 Å². The number of nitrogens with one attached hydrogen (secondary N) is 1. The quantitative estimate of drug-likeness (QED) is 0.528. The van der Waals surface area contributed by atoms with Crippen LogP contribution in [0.15, 0.2) is 42.6 Å². The minimum Gasteiger partial charge on any atom is -0.325 e. The molecule has 0 saturated carbocycles. The fourth-order valence-electron chi connectivity index (χ4n) is 4.31. The summed E-state index contributed by atoms with van der Waals surface area (Å²) in [5, 5.41) is 16.9. The molecule has 0 saturated heterocycles. The third-order valence-corrected chi connectivity index (χ3v) is 5.94.